The molecule has 3 aliphatic heterocycles. The van der Waals surface area contributed by atoms with E-state index in [1.807, 2.05) is 0 Å². The number of para-hydroxylation sites is 1. The van der Waals surface area contributed by atoms with Crippen molar-refractivity contribution in [1.29, 1.82) is 0 Å². The first-order chi connectivity index (χ1) is 32.6. The Labute approximate surface area is 414 Å². The zero-order chi connectivity index (χ0) is 48.6. The first-order valence-electron chi connectivity index (χ1n) is 25.8. The molecule has 7 aromatic rings. The predicted octanol–water partition coefficient (Wildman–Crippen LogP) is 15.7. The maximum absolute atomic E-state index is 2.78. The van der Waals surface area contributed by atoms with E-state index in [9.17, 15) is 0 Å². The van der Waals surface area contributed by atoms with Crippen LogP contribution in [0.2, 0.25) is 0 Å². The average molecular weight is 906 g/mol. The van der Waals surface area contributed by atoms with E-state index in [0.29, 0.717) is 0 Å². The molecule has 2 unspecified atom stereocenters. The largest absolute Gasteiger partial charge is 0.334 e. The standard InChI is InChI=1S/C65H72BN3/c1-60(2,3)43-25-30-48(31-26-43)67-55-36-29-46(62(7,8)9)39-53(55)66-52-35-34-50(69-54-24-18-17-23-51(54)65(45-21-15-14-16-22-45)38-20-19-37-64(65,69)13)42-56(52)68(49-32-27-44(28-33-49)61(4,5)6)58-41-47(63(10,11)12)40-57(67)59(58)66/h14-18,21-36,39-42H,19-20,37-38H2,1-13H3. The second kappa shape index (κ2) is 15.5. The van der Waals surface area contributed by atoms with Gasteiger partial charge in [0.15, 0.2) is 0 Å². The highest BCUT2D eigenvalue weighted by atomic mass is 15.3. The molecule has 0 aromatic heterocycles. The summed E-state index contributed by atoms with van der Waals surface area (Å²) in [5.74, 6) is 0. The summed E-state index contributed by atoms with van der Waals surface area (Å²) < 4.78 is 0. The molecule has 0 radical (unpaired) electrons. The molecule has 11 rings (SSSR count). The molecule has 4 aliphatic rings. The van der Waals surface area contributed by atoms with E-state index >= 15 is 0 Å². The molecule has 7 aromatic carbocycles. The van der Waals surface area contributed by atoms with Crippen LogP contribution in [0.3, 0.4) is 0 Å². The lowest BCUT2D eigenvalue weighted by molar-refractivity contribution is 0.215. The van der Waals surface area contributed by atoms with Crippen LogP contribution in [0.1, 0.15) is 149 Å². The van der Waals surface area contributed by atoms with Crippen molar-refractivity contribution in [2.75, 3.05) is 14.7 Å². The molecule has 3 heterocycles. The third kappa shape index (κ3) is 6.97. The van der Waals surface area contributed by atoms with Gasteiger partial charge < -0.3 is 14.7 Å². The van der Waals surface area contributed by atoms with Crippen molar-refractivity contribution in [3.8, 4) is 0 Å². The number of hydrogen-bond donors (Lipinski definition) is 0. The molecule has 1 fully saturated rings. The van der Waals surface area contributed by atoms with E-state index in [4.69, 9.17) is 0 Å². The van der Waals surface area contributed by atoms with Crippen LogP contribution in [0.4, 0.5) is 45.5 Å². The van der Waals surface area contributed by atoms with Crippen LogP contribution in [-0.2, 0) is 27.1 Å². The molecular weight excluding hydrogens is 834 g/mol. The fraction of sp³-hybridized carbons (Fsp3) is 0.354. The van der Waals surface area contributed by atoms with E-state index in [2.05, 4.69) is 256 Å². The molecule has 350 valence electrons. The minimum atomic E-state index is -0.176. The van der Waals surface area contributed by atoms with Gasteiger partial charge in [-0.2, -0.15) is 0 Å². The summed E-state index contributed by atoms with van der Waals surface area (Å²) in [6.45, 7) is 30.7. The molecule has 0 amide bonds. The predicted molar refractivity (Wildman–Crippen MR) is 298 cm³/mol. The smallest absolute Gasteiger partial charge is 0.252 e. The Morgan fingerprint density at radius 2 is 0.913 bits per heavy atom. The fourth-order valence-electron chi connectivity index (χ4n) is 12.9. The highest BCUT2D eigenvalue weighted by Crippen LogP contribution is 2.64. The molecular formula is C65H72BN3. The van der Waals surface area contributed by atoms with Crippen molar-refractivity contribution in [3.63, 3.8) is 0 Å². The van der Waals surface area contributed by atoms with E-state index in [1.54, 1.807) is 0 Å². The Bertz CT molecular complexity index is 3120. The van der Waals surface area contributed by atoms with Gasteiger partial charge in [-0.25, -0.2) is 0 Å². The van der Waals surface area contributed by atoms with Crippen molar-refractivity contribution >= 4 is 68.6 Å². The second-order valence-electron chi connectivity index (χ2n) is 25.2. The van der Waals surface area contributed by atoms with Crippen LogP contribution in [0.15, 0.2) is 152 Å². The number of fused-ring (bicyclic) bond motifs is 7. The monoisotopic (exact) mass is 906 g/mol. The maximum Gasteiger partial charge on any atom is 0.252 e. The molecule has 0 N–H and O–H groups in total. The van der Waals surface area contributed by atoms with Gasteiger partial charge in [-0.3, -0.25) is 0 Å². The van der Waals surface area contributed by atoms with Crippen molar-refractivity contribution in [2.24, 2.45) is 0 Å². The van der Waals surface area contributed by atoms with Crippen molar-refractivity contribution in [3.05, 3.63) is 185 Å². The summed E-state index contributed by atoms with van der Waals surface area (Å²) >= 11 is 0. The fourth-order valence-corrected chi connectivity index (χ4v) is 12.9. The third-order valence-corrected chi connectivity index (χ3v) is 16.8. The summed E-state index contributed by atoms with van der Waals surface area (Å²) in [7, 11) is 0. The van der Waals surface area contributed by atoms with Crippen LogP contribution in [-0.4, -0.2) is 12.3 Å². The molecule has 1 aliphatic carbocycles. The lowest BCUT2D eigenvalue weighted by Crippen LogP contribution is -2.61. The summed E-state index contributed by atoms with van der Waals surface area (Å²) in [6, 6.07) is 59.8. The zero-order valence-electron chi connectivity index (χ0n) is 43.7. The molecule has 69 heavy (non-hydrogen) atoms. The number of anilines is 8. The van der Waals surface area contributed by atoms with E-state index < -0.39 is 0 Å². The summed E-state index contributed by atoms with van der Waals surface area (Å²) in [5, 5.41) is 0. The molecule has 0 saturated heterocycles. The second-order valence-corrected chi connectivity index (χ2v) is 25.2. The van der Waals surface area contributed by atoms with Gasteiger partial charge >= 0.3 is 0 Å². The van der Waals surface area contributed by atoms with Crippen molar-refractivity contribution < 1.29 is 0 Å². The van der Waals surface area contributed by atoms with Gasteiger partial charge in [0.25, 0.3) is 6.71 Å². The first kappa shape index (κ1) is 45.4. The zero-order valence-corrected chi connectivity index (χ0v) is 43.7. The number of nitrogens with zero attached hydrogens (tertiary/aromatic N) is 3. The average Bonchev–Trinajstić information content (AvgIpc) is 3.55. The van der Waals surface area contributed by atoms with Crippen LogP contribution < -0.4 is 31.1 Å². The van der Waals surface area contributed by atoms with Gasteiger partial charge in [-0.1, -0.05) is 187 Å². The third-order valence-electron chi connectivity index (χ3n) is 16.8. The maximum atomic E-state index is 2.78. The van der Waals surface area contributed by atoms with Gasteiger partial charge in [-0.05, 0) is 152 Å². The van der Waals surface area contributed by atoms with E-state index in [0.717, 1.165) is 12.8 Å². The normalized spacial score (nSPS) is 19.7. The Balaban J connectivity index is 1.21. The van der Waals surface area contributed by atoms with Crippen LogP contribution >= 0.6 is 0 Å². The Morgan fingerprint density at radius 1 is 0.406 bits per heavy atom. The summed E-state index contributed by atoms with van der Waals surface area (Å²) in [5.41, 5.74) is 22.0. The van der Waals surface area contributed by atoms with Crippen LogP contribution in [0.5, 0.6) is 0 Å². The first-order valence-corrected chi connectivity index (χ1v) is 25.8. The SMILES string of the molecule is CC(C)(C)c1ccc(N2c3ccc(C(C)(C)C)cc3B3c4ccc(N5c6ccccc6C6(c7ccccc7)CCCCC56C)cc4N(c4ccc(C(C)(C)C)cc4)c4cc(C(C)(C)C)cc2c43)cc1. The van der Waals surface area contributed by atoms with Gasteiger partial charge in [-0.15, -0.1) is 0 Å². The minimum absolute atomic E-state index is 0.0140. The summed E-state index contributed by atoms with van der Waals surface area (Å²) in [4.78, 5) is 8.01. The molecule has 2 atom stereocenters. The highest BCUT2D eigenvalue weighted by Gasteiger charge is 2.61. The van der Waals surface area contributed by atoms with Gasteiger partial charge in [0, 0.05) is 50.9 Å². The molecule has 4 heteroatoms. The topological polar surface area (TPSA) is 9.72 Å². The Kier molecular flexibility index (Phi) is 10.2. The number of rotatable bonds is 4. The van der Waals surface area contributed by atoms with Gasteiger partial charge in [0.1, 0.15) is 0 Å². The molecule has 0 bridgehead atoms. The lowest BCUT2D eigenvalue weighted by atomic mass is 9.33. The molecule has 0 spiro atoms. The van der Waals surface area contributed by atoms with Crippen molar-refractivity contribution in [2.45, 2.75) is 148 Å². The van der Waals surface area contributed by atoms with Crippen molar-refractivity contribution in [1.82, 2.24) is 0 Å². The van der Waals surface area contributed by atoms with Gasteiger partial charge in [0.2, 0.25) is 0 Å². The number of hydrogen-bond acceptors (Lipinski definition) is 3. The van der Waals surface area contributed by atoms with E-state index in [-0.39, 0.29) is 39.3 Å². The Hall–Kier alpha value is -6.00. The van der Waals surface area contributed by atoms with Crippen LogP contribution in [0, 0.1) is 0 Å². The number of benzene rings is 7. The van der Waals surface area contributed by atoms with Gasteiger partial charge in [0.05, 0.1) is 5.54 Å². The highest BCUT2D eigenvalue weighted by molar-refractivity contribution is 7.00. The van der Waals surface area contributed by atoms with E-state index in [1.165, 1.54) is 108 Å². The minimum Gasteiger partial charge on any atom is -0.334 e. The lowest BCUT2D eigenvalue weighted by Gasteiger charge is -2.52. The quantitative estimate of drug-likeness (QED) is 0.163. The van der Waals surface area contributed by atoms with Crippen LogP contribution in [0.25, 0.3) is 0 Å². The summed E-state index contributed by atoms with van der Waals surface area (Å²) in [6.07, 6.45) is 4.68. The molecule has 1 saturated carbocycles. The molecule has 3 nitrogen and oxygen atoms in total. The Morgan fingerprint density at radius 3 is 1.49 bits per heavy atom.